The third-order valence-electron chi connectivity index (χ3n) is 4.12. The summed E-state index contributed by atoms with van der Waals surface area (Å²) in [6, 6.07) is 12.5. The van der Waals surface area contributed by atoms with Crippen molar-refractivity contribution in [3.05, 3.63) is 59.9 Å². The smallest absolute Gasteiger partial charge is 0.224 e. The number of halogens is 1. The van der Waals surface area contributed by atoms with Gasteiger partial charge < -0.3 is 10.6 Å². The van der Waals surface area contributed by atoms with Crippen molar-refractivity contribution in [3.63, 3.8) is 0 Å². The molecule has 0 saturated carbocycles. The van der Waals surface area contributed by atoms with Crippen LogP contribution in [-0.2, 0) is 21.2 Å². The summed E-state index contributed by atoms with van der Waals surface area (Å²) >= 11 is 0. The molecule has 0 spiro atoms. The Kier molecular flexibility index (Phi) is 4.84. The van der Waals surface area contributed by atoms with Crippen LogP contribution in [0.1, 0.15) is 12.5 Å². The van der Waals surface area contributed by atoms with E-state index in [1.54, 1.807) is 18.2 Å². The number of hydrogen-bond acceptors (Lipinski definition) is 5. The average molecular weight is 387 g/mol. The van der Waals surface area contributed by atoms with Crippen molar-refractivity contribution in [3.8, 4) is 0 Å². The van der Waals surface area contributed by atoms with Gasteiger partial charge in [0, 0.05) is 18.6 Å². The Hall–Kier alpha value is -3.00. The van der Waals surface area contributed by atoms with E-state index < -0.39 is 21.6 Å². The van der Waals surface area contributed by atoms with Crippen LogP contribution in [0.25, 0.3) is 10.9 Å². The predicted molar refractivity (Wildman–Crippen MR) is 103 cm³/mol. The first-order valence-corrected chi connectivity index (χ1v) is 9.98. The summed E-state index contributed by atoms with van der Waals surface area (Å²) in [7, 11) is -3.73. The fraction of sp³-hybridized carbons (Fsp3) is 0.158. The molecule has 0 unspecified atom stereocenters. The number of hydrogen-bond donors (Lipinski definition) is 1. The van der Waals surface area contributed by atoms with E-state index in [4.69, 9.17) is 5.73 Å². The van der Waals surface area contributed by atoms with Crippen molar-refractivity contribution in [1.29, 1.82) is 0 Å². The van der Waals surface area contributed by atoms with Crippen molar-refractivity contribution in [2.75, 3.05) is 16.9 Å². The largest absolute Gasteiger partial charge is 0.384 e. The van der Waals surface area contributed by atoms with E-state index in [-0.39, 0.29) is 17.1 Å². The molecule has 0 radical (unpaired) electrons. The molecule has 2 N–H and O–H groups in total. The molecule has 0 aliphatic carbocycles. The first-order chi connectivity index (χ1) is 12.7. The molecule has 140 valence electrons. The maximum absolute atomic E-state index is 14.5. The van der Waals surface area contributed by atoms with Crippen LogP contribution in [0.15, 0.2) is 53.4 Å². The Morgan fingerprint density at radius 2 is 1.89 bits per heavy atom. The Morgan fingerprint density at radius 1 is 1.19 bits per heavy atom. The number of carbonyl (C=O) groups excluding carboxylic acids is 1. The summed E-state index contributed by atoms with van der Waals surface area (Å²) in [5.74, 6) is -0.904. The van der Waals surface area contributed by atoms with Gasteiger partial charge in [-0.05, 0) is 35.9 Å². The van der Waals surface area contributed by atoms with Crippen LogP contribution >= 0.6 is 0 Å². The second-order valence-electron chi connectivity index (χ2n) is 6.23. The van der Waals surface area contributed by atoms with Crippen molar-refractivity contribution in [2.24, 2.45) is 0 Å². The number of rotatable bonds is 4. The Morgan fingerprint density at radius 3 is 2.56 bits per heavy atom. The lowest BCUT2D eigenvalue weighted by Gasteiger charge is -2.24. The second-order valence-corrected chi connectivity index (χ2v) is 8.21. The highest BCUT2D eigenvalue weighted by Gasteiger charge is 2.25. The summed E-state index contributed by atoms with van der Waals surface area (Å²) in [5.41, 5.74) is 6.75. The van der Waals surface area contributed by atoms with Crippen LogP contribution < -0.4 is 10.6 Å². The lowest BCUT2D eigenvalue weighted by atomic mass is 10.1. The van der Waals surface area contributed by atoms with Crippen molar-refractivity contribution in [2.45, 2.75) is 18.4 Å². The zero-order valence-corrected chi connectivity index (χ0v) is 15.6. The minimum atomic E-state index is -3.73. The van der Waals surface area contributed by atoms with Crippen molar-refractivity contribution >= 4 is 38.2 Å². The minimum absolute atomic E-state index is 0.00872. The lowest BCUT2D eigenvalue weighted by Crippen LogP contribution is -2.30. The van der Waals surface area contributed by atoms with Gasteiger partial charge in [0.2, 0.25) is 5.91 Å². The summed E-state index contributed by atoms with van der Waals surface area (Å²) in [6.45, 7) is 1.25. The number of aromatic nitrogens is 1. The molecule has 1 aromatic heterocycles. The number of nitrogen functional groups attached to an aromatic ring is 1. The number of nitrogens with two attached hydrogens (primary N) is 1. The number of para-hydroxylation sites is 1. The number of sulfone groups is 1. The number of fused-ring (bicyclic) bond motifs is 1. The summed E-state index contributed by atoms with van der Waals surface area (Å²) in [5, 5.41) is 0.866. The first-order valence-electron chi connectivity index (χ1n) is 8.08. The quantitative estimate of drug-likeness (QED) is 0.743. The van der Waals surface area contributed by atoms with Crippen LogP contribution in [0, 0.1) is 5.82 Å². The van der Waals surface area contributed by atoms with Crippen molar-refractivity contribution in [1.82, 2.24) is 4.98 Å². The monoisotopic (exact) mass is 387 g/mol. The molecule has 3 rings (SSSR count). The molecule has 0 bridgehead atoms. The van der Waals surface area contributed by atoms with Crippen LogP contribution in [-0.4, -0.2) is 25.6 Å². The third-order valence-corrected chi connectivity index (χ3v) is 5.25. The fourth-order valence-electron chi connectivity index (χ4n) is 2.86. The molecule has 27 heavy (non-hydrogen) atoms. The molecular formula is C19H18FN3O3S. The van der Waals surface area contributed by atoms with E-state index in [1.165, 1.54) is 19.1 Å². The molecule has 3 aromatic rings. The average Bonchev–Trinajstić information content (AvgIpc) is 2.58. The number of anilines is 2. The van der Waals surface area contributed by atoms with Gasteiger partial charge in [0.25, 0.3) is 0 Å². The number of carbonyl (C=O) groups is 1. The van der Waals surface area contributed by atoms with Crippen LogP contribution in [0.5, 0.6) is 0 Å². The van der Waals surface area contributed by atoms with Gasteiger partial charge in [-0.25, -0.2) is 17.8 Å². The lowest BCUT2D eigenvalue weighted by molar-refractivity contribution is -0.116. The van der Waals surface area contributed by atoms with Crippen LogP contribution in [0.2, 0.25) is 0 Å². The Labute approximate surface area is 156 Å². The topological polar surface area (TPSA) is 93.4 Å². The number of pyridine rings is 1. The van der Waals surface area contributed by atoms with E-state index in [2.05, 4.69) is 4.98 Å². The second kappa shape index (κ2) is 6.96. The molecule has 0 saturated heterocycles. The maximum Gasteiger partial charge on any atom is 0.224 e. The normalized spacial score (nSPS) is 11.5. The van der Waals surface area contributed by atoms with Gasteiger partial charge in [-0.15, -0.1) is 0 Å². The van der Waals surface area contributed by atoms with Crippen molar-refractivity contribution < 1.29 is 17.6 Å². The van der Waals surface area contributed by atoms with E-state index in [0.29, 0.717) is 16.9 Å². The SMILES string of the molecule is CC(=O)N(Cc1ccc2ccc(N)nc2c1)c1c(F)cccc1S(C)(=O)=O. The fourth-order valence-corrected chi connectivity index (χ4v) is 3.75. The molecule has 0 aliphatic rings. The van der Waals surface area contributed by atoms with Gasteiger partial charge in [-0.3, -0.25) is 4.79 Å². The molecule has 0 aliphatic heterocycles. The van der Waals surface area contributed by atoms with E-state index in [9.17, 15) is 17.6 Å². The Bertz CT molecular complexity index is 1150. The zero-order valence-electron chi connectivity index (χ0n) is 14.8. The van der Waals surface area contributed by atoms with Gasteiger partial charge in [-0.2, -0.15) is 0 Å². The molecule has 6 nitrogen and oxygen atoms in total. The summed E-state index contributed by atoms with van der Waals surface area (Å²) in [6.07, 6.45) is 0.978. The van der Waals surface area contributed by atoms with Gasteiger partial charge in [0.15, 0.2) is 9.84 Å². The molecule has 1 heterocycles. The minimum Gasteiger partial charge on any atom is -0.384 e. The molecule has 1 amide bonds. The zero-order chi connectivity index (χ0) is 19.8. The highest BCUT2D eigenvalue weighted by atomic mass is 32.2. The van der Waals surface area contributed by atoms with Gasteiger partial charge in [0.1, 0.15) is 11.6 Å². The summed E-state index contributed by atoms with van der Waals surface area (Å²) in [4.78, 5) is 17.3. The molecule has 0 atom stereocenters. The van der Waals surface area contributed by atoms with Gasteiger partial charge in [0.05, 0.1) is 22.6 Å². The van der Waals surface area contributed by atoms with Gasteiger partial charge >= 0.3 is 0 Å². The number of benzene rings is 2. The first kappa shape index (κ1) is 18.8. The molecule has 2 aromatic carbocycles. The highest BCUT2D eigenvalue weighted by Crippen LogP contribution is 2.30. The standard InChI is InChI=1S/C19H18FN3O3S/c1-12(24)23(19-15(20)4-3-5-17(19)27(2,25)26)11-13-6-7-14-8-9-18(21)22-16(14)10-13/h3-10H,11H2,1-2H3,(H2,21,22). The Balaban J connectivity index is 2.10. The third kappa shape index (κ3) is 3.90. The number of amides is 1. The van der Waals surface area contributed by atoms with E-state index in [1.807, 2.05) is 12.1 Å². The number of nitrogens with zero attached hydrogens (tertiary/aromatic N) is 2. The highest BCUT2D eigenvalue weighted by molar-refractivity contribution is 7.90. The van der Waals surface area contributed by atoms with Crippen LogP contribution in [0.3, 0.4) is 0 Å². The van der Waals surface area contributed by atoms with E-state index >= 15 is 0 Å². The van der Waals surface area contributed by atoms with Gasteiger partial charge in [-0.1, -0.05) is 18.2 Å². The van der Waals surface area contributed by atoms with E-state index in [0.717, 1.165) is 22.6 Å². The summed E-state index contributed by atoms with van der Waals surface area (Å²) < 4.78 is 38.7. The molecule has 0 fully saturated rings. The predicted octanol–water partition coefficient (Wildman–Crippen LogP) is 2.91. The molecular weight excluding hydrogens is 369 g/mol. The molecule has 8 heteroatoms. The van der Waals surface area contributed by atoms with Crippen LogP contribution in [0.4, 0.5) is 15.9 Å². The maximum atomic E-state index is 14.5.